The van der Waals surface area contributed by atoms with Crippen molar-refractivity contribution in [1.82, 2.24) is 9.88 Å². The van der Waals surface area contributed by atoms with E-state index in [2.05, 4.69) is 4.98 Å². The summed E-state index contributed by atoms with van der Waals surface area (Å²) in [7, 11) is 0. The maximum Gasteiger partial charge on any atom is 0.323 e. The van der Waals surface area contributed by atoms with Gasteiger partial charge in [-0.1, -0.05) is 24.2 Å². The van der Waals surface area contributed by atoms with Gasteiger partial charge in [0.15, 0.2) is 0 Å². The van der Waals surface area contributed by atoms with E-state index in [1.54, 1.807) is 11.8 Å². The highest BCUT2D eigenvalue weighted by Gasteiger charge is 2.72. The zero-order valence-electron chi connectivity index (χ0n) is 15.1. The lowest BCUT2D eigenvalue weighted by molar-refractivity contribution is -0.150. The monoisotopic (exact) mass is 420 g/mol. The molecule has 0 aromatic carbocycles. The fourth-order valence-corrected chi connectivity index (χ4v) is 10.4. The van der Waals surface area contributed by atoms with Crippen LogP contribution in [-0.2, 0) is 19.8 Å². The predicted molar refractivity (Wildman–Crippen MR) is 101 cm³/mol. The summed E-state index contributed by atoms with van der Waals surface area (Å²) >= 11 is 3.02. The minimum absolute atomic E-state index is 0.0175. The second-order valence-electron chi connectivity index (χ2n) is 8.92. The lowest BCUT2D eigenvalue weighted by Crippen LogP contribution is -2.49. The standard InChI is InChI=1S/C19H20N2O5S2/c22-9(23)6-21-16(24)10-7-5-8(11(10)17(21)25)13-12(7)19(3-1-2-4-19)14-15(27-13)20-18(26)28-14/h7-8,10-13H,1-6H2,(H,20,26)(H,22,23)/t7-,8-,10-,11-,12-,13+/m1/s1. The number of likely N-dealkylation sites (tertiary alicyclic amines) is 1. The first-order valence-electron chi connectivity index (χ1n) is 9.89. The average molecular weight is 421 g/mol. The highest BCUT2D eigenvalue weighted by molar-refractivity contribution is 8.00. The number of carbonyl (C=O) groups is 3. The van der Waals surface area contributed by atoms with E-state index in [4.69, 9.17) is 5.11 Å². The summed E-state index contributed by atoms with van der Waals surface area (Å²) in [5, 5.41) is 10.3. The lowest BCUT2D eigenvalue weighted by atomic mass is 9.61. The molecule has 7 nitrogen and oxygen atoms in total. The summed E-state index contributed by atoms with van der Waals surface area (Å²) in [6, 6.07) is 0. The van der Waals surface area contributed by atoms with Gasteiger partial charge in [0.2, 0.25) is 11.8 Å². The van der Waals surface area contributed by atoms with E-state index in [0.717, 1.165) is 42.0 Å². The van der Waals surface area contributed by atoms with Crippen LogP contribution in [0.1, 0.15) is 37.0 Å². The van der Waals surface area contributed by atoms with E-state index in [1.165, 1.54) is 16.2 Å². The normalized spacial score (nSPS) is 39.5. The maximum absolute atomic E-state index is 13.0. The molecule has 3 aliphatic carbocycles. The minimum Gasteiger partial charge on any atom is -0.480 e. The molecule has 0 radical (unpaired) electrons. The number of amides is 2. The molecule has 6 rings (SSSR count). The van der Waals surface area contributed by atoms with Crippen molar-refractivity contribution >= 4 is 40.9 Å². The maximum atomic E-state index is 13.0. The number of aliphatic carboxylic acids is 1. The van der Waals surface area contributed by atoms with Gasteiger partial charge in [-0.25, -0.2) is 0 Å². The number of fused-ring (bicyclic) bond motifs is 11. The second kappa shape index (κ2) is 5.50. The van der Waals surface area contributed by atoms with Crippen molar-refractivity contribution in [3.63, 3.8) is 0 Å². The van der Waals surface area contributed by atoms with Gasteiger partial charge < -0.3 is 10.1 Å². The summed E-state index contributed by atoms with van der Waals surface area (Å²) in [5.74, 6) is -1.96. The first kappa shape index (κ1) is 17.3. The molecule has 4 fully saturated rings. The van der Waals surface area contributed by atoms with Gasteiger partial charge in [0.1, 0.15) is 6.54 Å². The fraction of sp³-hybridized carbons (Fsp3) is 0.684. The van der Waals surface area contributed by atoms with Gasteiger partial charge in [-0.3, -0.25) is 24.1 Å². The number of nitrogens with one attached hydrogen (secondary N) is 1. The van der Waals surface area contributed by atoms with E-state index >= 15 is 0 Å². The highest BCUT2D eigenvalue weighted by Crippen LogP contribution is 2.71. The van der Waals surface area contributed by atoms with Crippen molar-refractivity contribution in [2.24, 2.45) is 29.6 Å². The van der Waals surface area contributed by atoms with E-state index in [-0.39, 0.29) is 51.0 Å². The molecule has 148 valence electrons. The Morgan fingerprint density at radius 1 is 1.14 bits per heavy atom. The molecule has 1 saturated heterocycles. The Morgan fingerprint density at radius 3 is 2.50 bits per heavy atom. The number of nitrogens with zero attached hydrogens (tertiary/aromatic N) is 1. The largest absolute Gasteiger partial charge is 0.480 e. The summed E-state index contributed by atoms with van der Waals surface area (Å²) in [6.07, 6.45) is 5.21. The third-order valence-corrected chi connectivity index (χ3v) is 10.6. The van der Waals surface area contributed by atoms with Crippen LogP contribution in [0.2, 0.25) is 0 Å². The average Bonchev–Trinajstić information content (AvgIpc) is 3.41. The minimum atomic E-state index is -1.15. The molecular formula is C19H20N2O5S2. The van der Waals surface area contributed by atoms with E-state index < -0.39 is 12.5 Å². The molecule has 1 aromatic heterocycles. The molecule has 1 aromatic rings. The number of carboxylic acids is 1. The number of aromatic amines is 1. The molecule has 2 aliphatic heterocycles. The van der Waals surface area contributed by atoms with Crippen molar-refractivity contribution in [3.05, 3.63) is 14.5 Å². The molecule has 2 N–H and O–H groups in total. The smallest absolute Gasteiger partial charge is 0.323 e. The van der Waals surface area contributed by atoms with Gasteiger partial charge in [0.05, 0.1) is 16.9 Å². The van der Waals surface area contributed by atoms with Gasteiger partial charge in [-0.05, 0) is 37.0 Å². The number of aromatic nitrogens is 1. The second-order valence-corrected chi connectivity index (χ2v) is 11.1. The van der Waals surface area contributed by atoms with Gasteiger partial charge in [0, 0.05) is 15.5 Å². The number of thioether (sulfide) groups is 1. The van der Waals surface area contributed by atoms with Crippen LogP contribution in [-0.4, -0.2) is 44.6 Å². The molecule has 2 bridgehead atoms. The number of rotatable bonds is 2. The quantitative estimate of drug-likeness (QED) is 0.705. The molecule has 28 heavy (non-hydrogen) atoms. The lowest BCUT2D eigenvalue weighted by Gasteiger charge is -2.49. The number of hydrogen-bond acceptors (Lipinski definition) is 6. The van der Waals surface area contributed by atoms with Crippen LogP contribution < -0.4 is 4.87 Å². The molecule has 3 saturated carbocycles. The van der Waals surface area contributed by atoms with Crippen molar-refractivity contribution in [3.8, 4) is 0 Å². The zero-order valence-corrected chi connectivity index (χ0v) is 16.7. The van der Waals surface area contributed by atoms with Crippen LogP contribution in [0.3, 0.4) is 0 Å². The van der Waals surface area contributed by atoms with Crippen LogP contribution in [0.5, 0.6) is 0 Å². The first-order valence-corrected chi connectivity index (χ1v) is 11.6. The van der Waals surface area contributed by atoms with Crippen molar-refractivity contribution in [2.75, 3.05) is 6.54 Å². The van der Waals surface area contributed by atoms with Crippen LogP contribution in [0, 0.1) is 29.6 Å². The first-order chi connectivity index (χ1) is 13.4. The van der Waals surface area contributed by atoms with E-state index in [0.29, 0.717) is 5.92 Å². The Bertz CT molecular complexity index is 977. The Hall–Kier alpha value is -1.61. The summed E-state index contributed by atoms with van der Waals surface area (Å²) in [6.45, 7) is -0.529. The summed E-state index contributed by atoms with van der Waals surface area (Å²) in [5.41, 5.74) is -0.0526. The third-order valence-electron chi connectivity index (χ3n) is 7.94. The summed E-state index contributed by atoms with van der Waals surface area (Å²) in [4.78, 5) is 54.4. The number of hydrogen-bond donors (Lipinski definition) is 2. The van der Waals surface area contributed by atoms with Crippen LogP contribution in [0.25, 0.3) is 0 Å². The van der Waals surface area contributed by atoms with Gasteiger partial charge in [-0.15, -0.1) is 11.8 Å². The number of carboxylic acid groups (broad SMARTS) is 1. The third kappa shape index (κ3) is 1.92. The molecule has 6 atom stereocenters. The van der Waals surface area contributed by atoms with Crippen molar-refractivity contribution in [2.45, 2.75) is 47.8 Å². The summed E-state index contributed by atoms with van der Waals surface area (Å²) < 4.78 is 0. The number of thiazole rings is 1. The van der Waals surface area contributed by atoms with Crippen molar-refractivity contribution < 1.29 is 19.5 Å². The molecule has 2 amide bonds. The number of imide groups is 1. The molecule has 0 unspecified atom stereocenters. The topological polar surface area (TPSA) is 108 Å². The SMILES string of the molecule is O=C(O)CN1C(=O)[C@@H]2[C@H]3C[C@@H]([C@@H]4Sc5[nH]c(=O)sc5C5(CCCC5)[C@H]34)[C@H]2C1=O. The number of carbonyl (C=O) groups excluding carboxylic acids is 2. The Labute approximate surface area is 168 Å². The molecule has 9 heteroatoms. The Kier molecular flexibility index (Phi) is 3.39. The zero-order chi connectivity index (χ0) is 19.4. The fourth-order valence-electron chi connectivity index (χ4n) is 7.26. The number of H-pyrrole nitrogens is 1. The van der Waals surface area contributed by atoms with Crippen LogP contribution in [0.4, 0.5) is 0 Å². The van der Waals surface area contributed by atoms with E-state index in [1.807, 2.05) is 0 Å². The molecular weight excluding hydrogens is 400 g/mol. The van der Waals surface area contributed by atoms with Gasteiger partial charge in [-0.2, -0.15) is 0 Å². The van der Waals surface area contributed by atoms with Crippen LogP contribution in [0.15, 0.2) is 9.82 Å². The Morgan fingerprint density at radius 2 is 1.82 bits per heavy atom. The molecule has 3 heterocycles. The van der Waals surface area contributed by atoms with Crippen molar-refractivity contribution in [1.29, 1.82) is 0 Å². The molecule has 5 aliphatic rings. The van der Waals surface area contributed by atoms with E-state index in [9.17, 15) is 19.2 Å². The van der Waals surface area contributed by atoms with Gasteiger partial charge in [0.25, 0.3) is 0 Å². The van der Waals surface area contributed by atoms with Gasteiger partial charge >= 0.3 is 10.8 Å². The van der Waals surface area contributed by atoms with Crippen LogP contribution >= 0.6 is 23.1 Å². The molecule has 1 spiro atoms. The predicted octanol–water partition coefficient (Wildman–Crippen LogP) is 1.67. The highest BCUT2D eigenvalue weighted by atomic mass is 32.2. The Balaban J connectivity index is 1.45.